The Balaban J connectivity index is 1.94. The van der Waals surface area contributed by atoms with E-state index in [4.69, 9.17) is 23.7 Å². The molecule has 0 aromatic heterocycles. The maximum atomic E-state index is 12.0. The number of methoxy groups -OCH3 is 2. The van der Waals surface area contributed by atoms with Crippen molar-refractivity contribution in [2.45, 2.75) is 65.0 Å². The van der Waals surface area contributed by atoms with Gasteiger partial charge in [-0.1, -0.05) is 13.8 Å². The zero-order chi connectivity index (χ0) is 22.2. The van der Waals surface area contributed by atoms with E-state index in [0.717, 1.165) is 18.6 Å². The Morgan fingerprint density at radius 2 is 1.73 bits per heavy atom. The molecular formula is C24H36O6. The van der Waals surface area contributed by atoms with Crippen LogP contribution in [0.2, 0.25) is 0 Å². The van der Waals surface area contributed by atoms with Crippen LogP contribution in [0.4, 0.5) is 0 Å². The van der Waals surface area contributed by atoms with Gasteiger partial charge >= 0.3 is 0 Å². The van der Waals surface area contributed by atoms with E-state index in [1.54, 1.807) is 20.5 Å². The number of aliphatic hydroxyl groups is 1. The molecule has 2 fully saturated rings. The quantitative estimate of drug-likeness (QED) is 0.493. The van der Waals surface area contributed by atoms with Gasteiger partial charge in [0.05, 0.1) is 24.4 Å². The molecule has 1 aromatic rings. The fraction of sp³-hybridized carbons (Fsp3) is 0.667. The largest absolute Gasteiger partial charge is 0.497 e. The second-order valence-electron chi connectivity index (χ2n) is 9.84. The number of fused-ring (bicyclic) bond motifs is 2. The summed E-state index contributed by atoms with van der Waals surface area (Å²) in [5.74, 6) is 0.0918. The second kappa shape index (κ2) is 8.15. The van der Waals surface area contributed by atoms with Crippen LogP contribution < -0.4 is 9.47 Å². The lowest BCUT2D eigenvalue weighted by atomic mass is 9.66. The molecule has 0 aliphatic heterocycles. The highest BCUT2D eigenvalue weighted by Crippen LogP contribution is 2.71. The van der Waals surface area contributed by atoms with E-state index in [-0.39, 0.29) is 18.1 Å². The highest BCUT2D eigenvalue weighted by atomic mass is 16.7. The number of hydrogen-bond donors (Lipinski definition) is 1. The molecule has 2 aliphatic rings. The number of hydrogen-bond acceptors (Lipinski definition) is 6. The fourth-order valence-corrected chi connectivity index (χ4v) is 5.38. The van der Waals surface area contributed by atoms with Gasteiger partial charge in [-0.2, -0.15) is 0 Å². The molecule has 6 nitrogen and oxygen atoms in total. The van der Waals surface area contributed by atoms with E-state index in [1.165, 1.54) is 0 Å². The topological polar surface area (TPSA) is 66.4 Å². The highest BCUT2D eigenvalue weighted by Gasteiger charge is 2.77. The Morgan fingerprint density at radius 3 is 2.30 bits per heavy atom. The van der Waals surface area contributed by atoms with Crippen LogP contribution in [0.15, 0.2) is 36.6 Å². The van der Waals surface area contributed by atoms with Gasteiger partial charge in [0.2, 0.25) is 5.79 Å². The van der Waals surface area contributed by atoms with Gasteiger partial charge in [-0.25, -0.2) is 0 Å². The summed E-state index contributed by atoms with van der Waals surface area (Å²) in [4.78, 5) is 0. The lowest BCUT2D eigenvalue weighted by molar-refractivity contribution is -0.346. The second-order valence-corrected chi connectivity index (χ2v) is 9.84. The molecule has 1 aromatic carbocycles. The van der Waals surface area contributed by atoms with Crippen LogP contribution in [0, 0.1) is 16.7 Å². The van der Waals surface area contributed by atoms with E-state index >= 15 is 0 Å². The summed E-state index contributed by atoms with van der Waals surface area (Å²) in [7, 11) is 3.21. The number of benzene rings is 1. The SMILES string of the molecule is COCOC1C2CCC(/C=C/Oc3ccc(OC)cc3)(C2(C)C)C1(O)OC(C)(C)C. The molecule has 0 radical (unpaired) electrons. The molecule has 2 bridgehead atoms. The Labute approximate surface area is 180 Å². The molecule has 0 saturated heterocycles. The van der Waals surface area contributed by atoms with E-state index in [1.807, 2.05) is 51.1 Å². The van der Waals surface area contributed by atoms with E-state index in [2.05, 4.69) is 13.8 Å². The van der Waals surface area contributed by atoms with Crippen LogP contribution in [0.1, 0.15) is 47.5 Å². The van der Waals surface area contributed by atoms with Crippen molar-refractivity contribution in [3.63, 3.8) is 0 Å². The summed E-state index contributed by atoms with van der Waals surface area (Å²) < 4.78 is 28.6. The molecule has 3 rings (SSSR count). The minimum Gasteiger partial charge on any atom is -0.497 e. The summed E-state index contributed by atoms with van der Waals surface area (Å²) in [5.41, 5.74) is -1.48. The molecule has 6 heteroatoms. The molecule has 30 heavy (non-hydrogen) atoms. The highest BCUT2D eigenvalue weighted by molar-refractivity contribution is 5.32. The lowest BCUT2D eigenvalue weighted by Crippen LogP contribution is -2.59. The Bertz CT molecular complexity index is 750. The summed E-state index contributed by atoms with van der Waals surface area (Å²) in [6.07, 6.45) is 4.86. The predicted molar refractivity (Wildman–Crippen MR) is 114 cm³/mol. The van der Waals surface area contributed by atoms with Crippen molar-refractivity contribution in [2.75, 3.05) is 21.0 Å². The Kier molecular flexibility index (Phi) is 6.27. The molecule has 2 aliphatic carbocycles. The van der Waals surface area contributed by atoms with Crippen molar-refractivity contribution >= 4 is 0 Å². The van der Waals surface area contributed by atoms with Gasteiger partial charge in [0, 0.05) is 7.11 Å². The molecule has 168 valence electrons. The van der Waals surface area contributed by atoms with Gasteiger partial charge < -0.3 is 28.8 Å². The Hall–Kier alpha value is -1.60. The molecule has 1 N–H and O–H groups in total. The van der Waals surface area contributed by atoms with Crippen molar-refractivity contribution in [1.82, 2.24) is 0 Å². The summed E-state index contributed by atoms with van der Waals surface area (Å²) in [6, 6.07) is 7.39. The third kappa shape index (κ3) is 3.75. The van der Waals surface area contributed by atoms with Crippen LogP contribution in [-0.4, -0.2) is 43.6 Å². The van der Waals surface area contributed by atoms with E-state index in [9.17, 15) is 5.11 Å². The first-order valence-corrected chi connectivity index (χ1v) is 10.5. The van der Waals surface area contributed by atoms with E-state index in [0.29, 0.717) is 5.75 Å². The van der Waals surface area contributed by atoms with Gasteiger partial charge in [0.15, 0.2) is 0 Å². The van der Waals surface area contributed by atoms with E-state index < -0.39 is 22.9 Å². The maximum Gasteiger partial charge on any atom is 0.203 e. The zero-order valence-electron chi connectivity index (χ0n) is 19.2. The molecule has 0 amide bonds. The third-order valence-electron chi connectivity index (χ3n) is 6.76. The van der Waals surface area contributed by atoms with Crippen LogP contribution in [0.3, 0.4) is 0 Å². The first-order valence-electron chi connectivity index (χ1n) is 10.5. The zero-order valence-corrected chi connectivity index (χ0v) is 19.2. The molecule has 2 saturated carbocycles. The van der Waals surface area contributed by atoms with Gasteiger partial charge in [0.1, 0.15) is 24.4 Å². The van der Waals surface area contributed by atoms with Gasteiger partial charge in [0.25, 0.3) is 0 Å². The van der Waals surface area contributed by atoms with Crippen molar-refractivity contribution in [3.05, 3.63) is 36.6 Å². The monoisotopic (exact) mass is 420 g/mol. The van der Waals surface area contributed by atoms with Gasteiger partial charge in [-0.05, 0) is 75.3 Å². The lowest BCUT2D eigenvalue weighted by Gasteiger charge is -2.49. The third-order valence-corrected chi connectivity index (χ3v) is 6.76. The van der Waals surface area contributed by atoms with Crippen LogP contribution in [-0.2, 0) is 14.2 Å². The molecular weight excluding hydrogens is 384 g/mol. The van der Waals surface area contributed by atoms with Gasteiger partial charge in [-0.3, -0.25) is 0 Å². The standard InChI is InChI=1S/C24H36O6/c1-21(2,3)30-24(25)20(29-16-26-6)19-12-13-23(24,22(19,4)5)14-15-28-18-10-8-17(27-7)9-11-18/h8-11,14-15,19-20,25H,12-13,16H2,1-7H3/b15-14+. The van der Waals surface area contributed by atoms with Crippen molar-refractivity contribution in [2.24, 2.45) is 16.7 Å². The average molecular weight is 421 g/mol. The first kappa shape index (κ1) is 23.1. The number of rotatable bonds is 8. The molecule has 0 heterocycles. The van der Waals surface area contributed by atoms with Crippen LogP contribution in [0.25, 0.3) is 0 Å². The Morgan fingerprint density at radius 1 is 1.10 bits per heavy atom. The summed E-state index contributed by atoms with van der Waals surface area (Å²) in [6.45, 7) is 10.3. The minimum absolute atomic E-state index is 0.106. The van der Waals surface area contributed by atoms with Crippen LogP contribution in [0.5, 0.6) is 11.5 Å². The molecule has 4 atom stereocenters. The fourth-order valence-electron chi connectivity index (χ4n) is 5.38. The molecule has 4 unspecified atom stereocenters. The summed E-state index contributed by atoms with van der Waals surface area (Å²) >= 11 is 0. The van der Waals surface area contributed by atoms with Gasteiger partial charge in [-0.15, -0.1) is 0 Å². The summed E-state index contributed by atoms with van der Waals surface area (Å²) in [5, 5.41) is 12.0. The van der Waals surface area contributed by atoms with Crippen molar-refractivity contribution in [3.8, 4) is 11.5 Å². The number of ether oxygens (including phenoxy) is 5. The normalized spacial score (nSPS) is 32.7. The smallest absolute Gasteiger partial charge is 0.203 e. The average Bonchev–Trinajstić information content (AvgIpc) is 2.99. The maximum absolute atomic E-state index is 12.0. The predicted octanol–water partition coefficient (Wildman–Crippen LogP) is 4.52. The van der Waals surface area contributed by atoms with Crippen molar-refractivity contribution in [1.29, 1.82) is 0 Å². The van der Waals surface area contributed by atoms with Crippen LogP contribution >= 0.6 is 0 Å². The molecule has 0 spiro atoms. The van der Waals surface area contributed by atoms with Crippen molar-refractivity contribution < 1.29 is 28.8 Å². The minimum atomic E-state index is -1.50. The first-order chi connectivity index (χ1) is 14.0.